The van der Waals surface area contributed by atoms with Gasteiger partial charge < -0.3 is 0 Å². The van der Waals surface area contributed by atoms with Gasteiger partial charge in [0.2, 0.25) is 0 Å². The lowest BCUT2D eigenvalue weighted by atomic mass is 9.72. The van der Waals surface area contributed by atoms with Crippen molar-refractivity contribution in [3.05, 3.63) is 0 Å². The number of nitrogens with zero attached hydrogens (tertiary/aromatic N) is 1. The van der Waals surface area contributed by atoms with Gasteiger partial charge in [0.15, 0.2) is 0 Å². The van der Waals surface area contributed by atoms with Crippen molar-refractivity contribution in [1.29, 1.82) is 0 Å². The summed E-state index contributed by atoms with van der Waals surface area (Å²) in [4.78, 5) is 1.52. The van der Waals surface area contributed by atoms with E-state index >= 15 is 0 Å². The highest BCUT2D eigenvalue weighted by atomic mass is 19.3. The van der Waals surface area contributed by atoms with Crippen LogP contribution in [0, 0.1) is 16.7 Å². The molecule has 0 unspecified atom stereocenters. The summed E-state index contributed by atoms with van der Waals surface area (Å²) in [6.45, 7) is 1.89. The van der Waals surface area contributed by atoms with Gasteiger partial charge in [0.05, 0.1) is 5.41 Å². The molecule has 102 valence electrons. The summed E-state index contributed by atoms with van der Waals surface area (Å²) in [5, 5.41) is 0. The molecule has 0 aromatic heterocycles. The van der Waals surface area contributed by atoms with Crippen LogP contribution in [-0.4, -0.2) is 29.4 Å². The van der Waals surface area contributed by atoms with Gasteiger partial charge in [0.25, 0.3) is 5.92 Å². The molecule has 2 atom stereocenters. The maximum Gasteiger partial charge on any atom is 0.255 e. The van der Waals surface area contributed by atoms with E-state index < -0.39 is 35.2 Å². The van der Waals surface area contributed by atoms with Crippen LogP contribution in [-0.2, 0) is 0 Å². The van der Waals surface area contributed by atoms with Gasteiger partial charge in [-0.2, -0.15) is 0 Å². The topological polar surface area (TPSA) is 3.24 Å². The third-order valence-corrected chi connectivity index (χ3v) is 5.59. The second-order valence-corrected chi connectivity index (χ2v) is 7.20. The molecule has 0 aromatic carbocycles. The van der Waals surface area contributed by atoms with Crippen molar-refractivity contribution >= 4 is 0 Å². The number of fused-ring (bicyclic) bond motifs is 2. The molecule has 2 aliphatic carbocycles. The monoisotopic (exact) mass is 259 g/mol. The Morgan fingerprint density at radius 3 is 2.39 bits per heavy atom. The molecule has 1 nitrogen and oxygen atoms in total. The average molecular weight is 259 g/mol. The molecule has 0 N–H and O–H groups in total. The first-order valence-electron chi connectivity index (χ1n) is 9.02. The van der Waals surface area contributed by atoms with Crippen LogP contribution in [0.4, 0.5) is 8.78 Å². The van der Waals surface area contributed by atoms with E-state index in [1.54, 1.807) is 13.8 Å². The molecule has 4 rings (SSSR count). The zero-order valence-electron chi connectivity index (χ0n) is 15.0. The number of alkyl halides is 2. The highest BCUT2D eigenvalue weighted by Gasteiger charge is 2.81. The Bertz CT molecular complexity index is 546. The Morgan fingerprint density at radius 2 is 1.89 bits per heavy atom. The highest BCUT2D eigenvalue weighted by molar-refractivity contribution is 5.29. The Labute approximate surface area is 114 Å². The minimum absolute atomic E-state index is 0.000972. The van der Waals surface area contributed by atoms with Gasteiger partial charge in [-0.05, 0) is 49.9 Å². The molecule has 0 radical (unpaired) electrons. The molecule has 2 aliphatic heterocycles. The lowest BCUT2D eigenvalue weighted by Gasteiger charge is -2.39. The van der Waals surface area contributed by atoms with Crippen LogP contribution in [0.2, 0.25) is 0 Å². The fraction of sp³-hybridized carbons (Fsp3) is 1.00. The standard InChI is InChI=1S/C15H23F2N/c1-11(2)7-14-8-13(9-15(13,16)17)10-18(14)6-5-12(14)3-4-12/h11H,3-10H2,1-2H3/t13-,14-/m1/s1/i6D2,7D2. The molecule has 0 amide bonds. The summed E-state index contributed by atoms with van der Waals surface area (Å²) in [6.07, 6.45) is 0.0352. The summed E-state index contributed by atoms with van der Waals surface area (Å²) in [5.41, 5.74) is -2.72. The Hall–Kier alpha value is -0.180. The lowest BCUT2D eigenvalue weighted by molar-refractivity contribution is 0.0629. The Morgan fingerprint density at radius 1 is 1.22 bits per heavy atom. The SMILES string of the molecule is [2H]C1([2H])CC2(CC2)[C@@]2(C([2H])([2H])C(C)C)C[C@]3(CN12)CC3(F)F. The smallest absolute Gasteiger partial charge is 0.255 e. The van der Waals surface area contributed by atoms with E-state index in [4.69, 9.17) is 5.48 Å². The molecule has 2 saturated carbocycles. The van der Waals surface area contributed by atoms with Crippen molar-refractivity contribution in [2.75, 3.05) is 13.0 Å². The third-order valence-electron chi connectivity index (χ3n) is 5.59. The third kappa shape index (κ3) is 1.16. The summed E-state index contributed by atoms with van der Waals surface area (Å²) >= 11 is 0. The van der Waals surface area contributed by atoms with Crippen LogP contribution in [0.5, 0.6) is 0 Å². The summed E-state index contributed by atoms with van der Waals surface area (Å²) in [7, 11) is 0. The van der Waals surface area contributed by atoms with E-state index in [0.717, 1.165) is 12.8 Å². The minimum Gasteiger partial charge on any atom is -0.296 e. The molecule has 0 aromatic rings. The van der Waals surface area contributed by atoms with E-state index in [1.165, 1.54) is 4.90 Å². The van der Waals surface area contributed by atoms with Crippen molar-refractivity contribution in [2.24, 2.45) is 16.7 Å². The average Bonchev–Trinajstić information content (AvgIpc) is 3.13. The van der Waals surface area contributed by atoms with Gasteiger partial charge in [0, 0.05) is 24.0 Å². The van der Waals surface area contributed by atoms with Gasteiger partial charge in [-0.1, -0.05) is 13.8 Å². The fourth-order valence-corrected chi connectivity index (χ4v) is 4.38. The van der Waals surface area contributed by atoms with E-state index in [2.05, 4.69) is 0 Å². The van der Waals surface area contributed by atoms with Crippen LogP contribution in [0.25, 0.3) is 0 Å². The number of hydrogen-bond acceptors (Lipinski definition) is 1. The molecular weight excluding hydrogens is 232 g/mol. The maximum atomic E-state index is 14.0. The fourth-order valence-electron chi connectivity index (χ4n) is 4.38. The molecule has 18 heavy (non-hydrogen) atoms. The molecule has 2 spiro atoms. The molecule has 2 saturated heterocycles. The number of halogens is 2. The molecule has 0 bridgehead atoms. The predicted molar refractivity (Wildman–Crippen MR) is 66.7 cm³/mol. The van der Waals surface area contributed by atoms with Crippen LogP contribution in [0.15, 0.2) is 0 Å². The van der Waals surface area contributed by atoms with Crippen molar-refractivity contribution in [2.45, 2.75) is 63.8 Å². The minimum atomic E-state index is -2.76. The van der Waals surface area contributed by atoms with Crippen molar-refractivity contribution < 1.29 is 14.3 Å². The largest absolute Gasteiger partial charge is 0.296 e. The first kappa shape index (κ1) is 8.18. The van der Waals surface area contributed by atoms with E-state index in [1.807, 2.05) is 0 Å². The van der Waals surface area contributed by atoms with E-state index in [9.17, 15) is 8.78 Å². The zero-order valence-corrected chi connectivity index (χ0v) is 11.0. The van der Waals surface area contributed by atoms with Crippen molar-refractivity contribution in [3.63, 3.8) is 0 Å². The Kier molecular flexibility index (Phi) is 1.34. The molecule has 2 heterocycles. The molecular formula is C15H23F2N. The number of hydrogen-bond donors (Lipinski definition) is 0. The van der Waals surface area contributed by atoms with Crippen molar-refractivity contribution in [3.8, 4) is 0 Å². The summed E-state index contributed by atoms with van der Waals surface area (Å²) in [5.74, 6) is -3.09. The van der Waals surface area contributed by atoms with Gasteiger partial charge in [-0.25, -0.2) is 8.78 Å². The predicted octanol–water partition coefficient (Wildman–Crippen LogP) is 3.69. The first-order valence-corrected chi connectivity index (χ1v) is 7.02. The van der Waals surface area contributed by atoms with Gasteiger partial charge in [0.1, 0.15) is 0 Å². The van der Waals surface area contributed by atoms with Crippen LogP contribution in [0.3, 0.4) is 0 Å². The van der Waals surface area contributed by atoms with Gasteiger partial charge in [-0.3, -0.25) is 4.90 Å². The van der Waals surface area contributed by atoms with E-state index in [0.29, 0.717) is 0 Å². The quantitative estimate of drug-likeness (QED) is 0.731. The highest BCUT2D eigenvalue weighted by Crippen LogP contribution is 2.77. The molecule has 3 heteroatoms. The second-order valence-electron chi connectivity index (χ2n) is 7.20. The van der Waals surface area contributed by atoms with Crippen LogP contribution < -0.4 is 0 Å². The summed E-state index contributed by atoms with van der Waals surface area (Å²) in [6, 6.07) is 0. The normalized spacial score (nSPS) is 54.1. The summed E-state index contributed by atoms with van der Waals surface area (Å²) < 4.78 is 62.2. The van der Waals surface area contributed by atoms with Crippen LogP contribution in [0.1, 0.15) is 57.8 Å². The maximum absolute atomic E-state index is 14.0. The molecule has 4 fully saturated rings. The lowest BCUT2D eigenvalue weighted by Crippen LogP contribution is -2.45. The second kappa shape index (κ2) is 2.94. The van der Waals surface area contributed by atoms with Crippen molar-refractivity contribution in [1.82, 2.24) is 4.90 Å². The number of rotatable bonds is 2. The first-order chi connectivity index (χ1) is 9.86. The Balaban J connectivity index is 1.88. The zero-order chi connectivity index (χ0) is 16.4. The van der Waals surface area contributed by atoms with Gasteiger partial charge >= 0.3 is 0 Å². The van der Waals surface area contributed by atoms with Gasteiger partial charge in [-0.15, -0.1) is 0 Å². The van der Waals surface area contributed by atoms with E-state index in [-0.39, 0.29) is 31.7 Å². The van der Waals surface area contributed by atoms with Crippen LogP contribution >= 0.6 is 0 Å². The molecule has 4 aliphatic rings.